The number of halogens is 1. The summed E-state index contributed by atoms with van der Waals surface area (Å²) in [6.07, 6.45) is 0. The lowest BCUT2D eigenvalue weighted by Crippen LogP contribution is -2.03. The molecule has 2 aromatic carbocycles. The highest BCUT2D eigenvalue weighted by Crippen LogP contribution is 2.22. The molecule has 0 saturated carbocycles. The minimum Gasteiger partial charge on any atom is -0.384 e. The van der Waals surface area contributed by atoms with Crippen molar-refractivity contribution in [2.24, 2.45) is 0 Å². The fourth-order valence-electron chi connectivity index (χ4n) is 2.13. The van der Waals surface area contributed by atoms with Gasteiger partial charge in [0.25, 0.3) is 0 Å². The Morgan fingerprint density at radius 2 is 1.85 bits per heavy atom. The third-order valence-electron chi connectivity index (χ3n) is 3.07. The van der Waals surface area contributed by atoms with E-state index in [4.69, 9.17) is 5.73 Å². The number of pyridine rings is 1. The maximum atomic E-state index is 12.6. The van der Waals surface area contributed by atoms with E-state index in [1.807, 2.05) is 30.3 Å². The zero-order valence-electron chi connectivity index (χ0n) is 10.5. The Morgan fingerprint density at radius 3 is 2.65 bits per heavy atom. The molecule has 20 heavy (non-hydrogen) atoms. The molecule has 0 aliphatic carbocycles. The SMILES string of the molecule is Nc1ccc2cccc(C(=O)c3cccc(Br)c3)c2n1. The molecular weight excluding hydrogens is 316 g/mol. The Morgan fingerprint density at radius 1 is 1.05 bits per heavy atom. The van der Waals surface area contributed by atoms with Crippen molar-refractivity contribution in [3.05, 3.63) is 70.2 Å². The topological polar surface area (TPSA) is 56.0 Å². The molecule has 1 aromatic heterocycles. The van der Waals surface area contributed by atoms with Crippen molar-refractivity contribution in [2.75, 3.05) is 5.73 Å². The molecular formula is C16H11BrN2O. The van der Waals surface area contributed by atoms with Crippen LogP contribution in [-0.2, 0) is 0 Å². The van der Waals surface area contributed by atoms with Gasteiger partial charge in [-0.1, -0.05) is 40.2 Å². The summed E-state index contributed by atoms with van der Waals surface area (Å²) in [5.74, 6) is 0.349. The van der Waals surface area contributed by atoms with Gasteiger partial charge in [-0.05, 0) is 30.3 Å². The van der Waals surface area contributed by atoms with Crippen molar-refractivity contribution >= 4 is 38.4 Å². The van der Waals surface area contributed by atoms with E-state index in [2.05, 4.69) is 20.9 Å². The van der Waals surface area contributed by atoms with Crippen molar-refractivity contribution in [1.29, 1.82) is 0 Å². The van der Waals surface area contributed by atoms with E-state index in [1.54, 1.807) is 24.3 Å². The number of para-hydroxylation sites is 1. The lowest BCUT2D eigenvalue weighted by Gasteiger charge is -2.06. The van der Waals surface area contributed by atoms with Gasteiger partial charge in [0.15, 0.2) is 5.78 Å². The predicted molar refractivity (Wildman–Crippen MR) is 83.7 cm³/mol. The Balaban J connectivity index is 2.19. The standard InChI is InChI=1S/C16H11BrN2O/c17-12-5-1-4-11(9-12)16(20)13-6-2-3-10-7-8-14(18)19-15(10)13/h1-9H,(H2,18,19). The summed E-state index contributed by atoms with van der Waals surface area (Å²) in [6, 6.07) is 16.5. The largest absolute Gasteiger partial charge is 0.384 e. The lowest BCUT2D eigenvalue weighted by molar-refractivity contribution is 0.104. The number of rotatable bonds is 2. The zero-order valence-corrected chi connectivity index (χ0v) is 12.1. The van der Waals surface area contributed by atoms with Gasteiger partial charge in [-0.3, -0.25) is 4.79 Å². The Labute approximate surface area is 124 Å². The first-order valence-corrected chi connectivity index (χ1v) is 6.90. The molecule has 1 heterocycles. The van der Waals surface area contributed by atoms with Crippen LogP contribution in [0.5, 0.6) is 0 Å². The summed E-state index contributed by atoms with van der Waals surface area (Å²) in [5.41, 5.74) is 7.55. The predicted octanol–water partition coefficient (Wildman–Crippen LogP) is 3.81. The van der Waals surface area contributed by atoms with E-state index < -0.39 is 0 Å². The zero-order chi connectivity index (χ0) is 14.1. The molecule has 3 rings (SSSR count). The molecule has 0 atom stereocenters. The second-order valence-corrected chi connectivity index (χ2v) is 5.37. The summed E-state index contributed by atoms with van der Waals surface area (Å²) in [7, 11) is 0. The molecule has 0 amide bonds. The number of benzene rings is 2. The maximum absolute atomic E-state index is 12.6. The monoisotopic (exact) mass is 326 g/mol. The second-order valence-electron chi connectivity index (χ2n) is 4.45. The fourth-order valence-corrected chi connectivity index (χ4v) is 2.53. The number of hydrogen-bond donors (Lipinski definition) is 1. The van der Waals surface area contributed by atoms with Gasteiger partial charge >= 0.3 is 0 Å². The van der Waals surface area contributed by atoms with E-state index >= 15 is 0 Å². The minimum atomic E-state index is -0.0602. The Hall–Kier alpha value is -2.20. The number of carbonyl (C=O) groups is 1. The second kappa shape index (κ2) is 5.06. The summed E-state index contributed by atoms with van der Waals surface area (Å²) in [5, 5.41) is 0.903. The van der Waals surface area contributed by atoms with Gasteiger partial charge in [0.05, 0.1) is 5.52 Å². The van der Waals surface area contributed by atoms with Crippen LogP contribution in [0.25, 0.3) is 10.9 Å². The summed E-state index contributed by atoms with van der Waals surface area (Å²) >= 11 is 3.38. The first-order chi connectivity index (χ1) is 9.65. The number of fused-ring (bicyclic) bond motifs is 1. The highest BCUT2D eigenvalue weighted by molar-refractivity contribution is 9.10. The van der Waals surface area contributed by atoms with Crippen molar-refractivity contribution in [2.45, 2.75) is 0 Å². The normalized spacial score (nSPS) is 10.7. The number of nitrogen functional groups attached to an aromatic ring is 1. The van der Waals surface area contributed by atoms with Gasteiger partial charge in [-0.2, -0.15) is 0 Å². The molecule has 2 N–H and O–H groups in total. The Bertz CT molecular complexity index is 814. The number of anilines is 1. The van der Waals surface area contributed by atoms with Crippen LogP contribution in [0.4, 0.5) is 5.82 Å². The molecule has 3 nitrogen and oxygen atoms in total. The molecule has 0 fully saturated rings. The van der Waals surface area contributed by atoms with Crippen LogP contribution >= 0.6 is 15.9 Å². The van der Waals surface area contributed by atoms with Gasteiger partial charge in [-0.15, -0.1) is 0 Å². The van der Waals surface area contributed by atoms with E-state index in [0.29, 0.717) is 22.5 Å². The molecule has 0 radical (unpaired) electrons. The molecule has 0 unspecified atom stereocenters. The number of carbonyl (C=O) groups excluding carboxylic acids is 1. The molecule has 0 bridgehead atoms. The van der Waals surface area contributed by atoms with Crippen molar-refractivity contribution in [3.8, 4) is 0 Å². The fraction of sp³-hybridized carbons (Fsp3) is 0. The lowest BCUT2D eigenvalue weighted by atomic mass is 10.0. The maximum Gasteiger partial charge on any atom is 0.195 e. The first kappa shape index (κ1) is 12.8. The first-order valence-electron chi connectivity index (χ1n) is 6.11. The van der Waals surface area contributed by atoms with Crippen LogP contribution in [0.3, 0.4) is 0 Å². The summed E-state index contributed by atoms with van der Waals surface area (Å²) in [4.78, 5) is 16.9. The number of hydrogen-bond acceptors (Lipinski definition) is 3. The van der Waals surface area contributed by atoms with Crippen molar-refractivity contribution < 1.29 is 4.79 Å². The number of ketones is 1. The average Bonchev–Trinajstić information content (AvgIpc) is 2.46. The van der Waals surface area contributed by atoms with Crippen molar-refractivity contribution in [1.82, 2.24) is 4.98 Å². The molecule has 4 heteroatoms. The van der Waals surface area contributed by atoms with E-state index in [0.717, 1.165) is 9.86 Å². The molecule has 3 aromatic rings. The molecule has 0 aliphatic rings. The van der Waals surface area contributed by atoms with Gasteiger partial charge in [0.1, 0.15) is 5.82 Å². The quantitative estimate of drug-likeness (QED) is 0.728. The third-order valence-corrected chi connectivity index (χ3v) is 3.57. The van der Waals surface area contributed by atoms with Gasteiger partial charge in [0, 0.05) is 21.0 Å². The molecule has 98 valence electrons. The van der Waals surface area contributed by atoms with Gasteiger partial charge in [0.2, 0.25) is 0 Å². The highest BCUT2D eigenvalue weighted by Gasteiger charge is 2.13. The third kappa shape index (κ3) is 2.30. The smallest absolute Gasteiger partial charge is 0.195 e. The van der Waals surface area contributed by atoms with Crippen LogP contribution in [0.15, 0.2) is 59.1 Å². The van der Waals surface area contributed by atoms with Crippen LogP contribution in [0, 0.1) is 0 Å². The average molecular weight is 327 g/mol. The molecule has 0 spiro atoms. The van der Waals surface area contributed by atoms with Crippen LogP contribution in [0.1, 0.15) is 15.9 Å². The van der Waals surface area contributed by atoms with E-state index in [-0.39, 0.29) is 5.78 Å². The van der Waals surface area contributed by atoms with Crippen molar-refractivity contribution in [3.63, 3.8) is 0 Å². The highest BCUT2D eigenvalue weighted by atomic mass is 79.9. The number of nitrogens with zero attached hydrogens (tertiary/aromatic N) is 1. The number of aromatic nitrogens is 1. The summed E-state index contributed by atoms with van der Waals surface area (Å²) < 4.78 is 0.871. The molecule has 0 aliphatic heterocycles. The van der Waals surface area contributed by atoms with Gasteiger partial charge < -0.3 is 5.73 Å². The van der Waals surface area contributed by atoms with E-state index in [9.17, 15) is 4.79 Å². The van der Waals surface area contributed by atoms with Crippen LogP contribution in [-0.4, -0.2) is 10.8 Å². The summed E-state index contributed by atoms with van der Waals surface area (Å²) in [6.45, 7) is 0. The van der Waals surface area contributed by atoms with Crippen LogP contribution in [0.2, 0.25) is 0 Å². The van der Waals surface area contributed by atoms with Gasteiger partial charge in [-0.25, -0.2) is 4.98 Å². The number of nitrogens with two attached hydrogens (primary N) is 1. The Kier molecular flexibility index (Phi) is 3.24. The molecule has 0 saturated heterocycles. The minimum absolute atomic E-state index is 0.0602. The van der Waals surface area contributed by atoms with Crippen LogP contribution < -0.4 is 5.73 Å². The van der Waals surface area contributed by atoms with E-state index in [1.165, 1.54) is 0 Å².